The Hall–Kier alpha value is -1.35. The Balaban J connectivity index is 2.59. The van der Waals surface area contributed by atoms with Gasteiger partial charge in [-0.3, -0.25) is 4.79 Å². The summed E-state index contributed by atoms with van der Waals surface area (Å²) in [6.45, 7) is 6.95. The minimum atomic E-state index is -0.211. The van der Waals surface area contributed by atoms with E-state index in [1.54, 1.807) is 0 Å². The maximum absolute atomic E-state index is 11.7. The van der Waals surface area contributed by atoms with Gasteiger partial charge in [-0.15, -0.1) is 0 Å². The molecule has 0 saturated carbocycles. The fourth-order valence-corrected chi connectivity index (χ4v) is 2.01. The van der Waals surface area contributed by atoms with Gasteiger partial charge >= 0.3 is 0 Å². The number of carbonyl (C=O) groups is 1. The summed E-state index contributed by atoms with van der Waals surface area (Å²) in [6.07, 6.45) is 1.37. The van der Waals surface area contributed by atoms with Crippen molar-refractivity contribution in [3.63, 3.8) is 0 Å². The molecule has 1 amide bonds. The zero-order chi connectivity index (χ0) is 13.6. The highest BCUT2D eigenvalue weighted by Crippen LogP contribution is 2.16. The number of rotatable bonds is 6. The molecule has 0 unspecified atom stereocenters. The Labute approximate surface area is 110 Å². The summed E-state index contributed by atoms with van der Waals surface area (Å²) >= 11 is 0. The minimum Gasteiger partial charge on any atom is -0.351 e. The van der Waals surface area contributed by atoms with Crippen molar-refractivity contribution in [2.24, 2.45) is 0 Å². The van der Waals surface area contributed by atoms with Gasteiger partial charge in [-0.2, -0.15) is 0 Å². The van der Waals surface area contributed by atoms with Crippen molar-refractivity contribution < 1.29 is 4.79 Å². The molecule has 0 aliphatic heterocycles. The maximum Gasteiger partial charge on any atom is 0.221 e. The lowest BCUT2D eigenvalue weighted by Crippen LogP contribution is -2.45. The number of nitrogens with one attached hydrogen (secondary N) is 2. The van der Waals surface area contributed by atoms with Crippen molar-refractivity contribution in [2.75, 3.05) is 13.6 Å². The van der Waals surface area contributed by atoms with E-state index >= 15 is 0 Å². The Kier molecular flexibility index (Phi) is 5.35. The van der Waals surface area contributed by atoms with E-state index in [0.717, 1.165) is 6.42 Å². The van der Waals surface area contributed by atoms with E-state index in [0.29, 0.717) is 13.0 Å². The molecule has 0 saturated heterocycles. The molecule has 0 atom stereocenters. The van der Waals surface area contributed by atoms with Gasteiger partial charge in [-0.25, -0.2) is 0 Å². The maximum atomic E-state index is 11.7. The summed E-state index contributed by atoms with van der Waals surface area (Å²) in [5, 5.41) is 6.07. The van der Waals surface area contributed by atoms with Crippen LogP contribution < -0.4 is 10.6 Å². The number of benzene rings is 1. The van der Waals surface area contributed by atoms with Crippen LogP contribution in [-0.4, -0.2) is 25.0 Å². The smallest absolute Gasteiger partial charge is 0.221 e. The van der Waals surface area contributed by atoms with Gasteiger partial charge in [-0.05, 0) is 45.4 Å². The van der Waals surface area contributed by atoms with Gasteiger partial charge in [0.25, 0.3) is 0 Å². The molecule has 18 heavy (non-hydrogen) atoms. The van der Waals surface area contributed by atoms with Gasteiger partial charge < -0.3 is 10.6 Å². The van der Waals surface area contributed by atoms with Crippen LogP contribution in [0.25, 0.3) is 0 Å². The average Bonchev–Trinajstić information content (AvgIpc) is 2.28. The lowest BCUT2D eigenvalue weighted by molar-refractivity contribution is -0.122. The van der Waals surface area contributed by atoms with E-state index < -0.39 is 0 Å². The molecular weight excluding hydrogens is 224 g/mol. The highest BCUT2D eigenvalue weighted by molar-refractivity contribution is 5.76. The number of aryl methyl sites for hydroxylation is 1. The van der Waals surface area contributed by atoms with Crippen LogP contribution in [0.5, 0.6) is 0 Å². The molecule has 3 nitrogen and oxygen atoms in total. The highest BCUT2D eigenvalue weighted by Gasteiger charge is 2.21. The van der Waals surface area contributed by atoms with E-state index in [-0.39, 0.29) is 11.4 Å². The summed E-state index contributed by atoms with van der Waals surface area (Å²) in [6, 6.07) is 8.31. The van der Waals surface area contributed by atoms with E-state index in [4.69, 9.17) is 0 Å². The zero-order valence-electron chi connectivity index (χ0n) is 11.8. The van der Waals surface area contributed by atoms with Crippen LogP contribution in [0.4, 0.5) is 0 Å². The first-order valence-electron chi connectivity index (χ1n) is 6.45. The number of hydrogen-bond acceptors (Lipinski definition) is 2. The molecule has 100 valence electrons. The van der Waals surface area contributed by atoms with Crippen LogP contribution in [0.2, 0.25) is 0 Å². The molecule has 0 heterocycles. The SMILES string of the molecule is CNCCC(=O)NC(C)(C)Cc1ccccc1C. The van der Waals surface area contributed by atoms with Crippen LogP contribution in [0, 0.1) is 6.92 Å². The molecule has 1 aromatic carbocycles. The van der Waals surface area contributed by atoms with E-state index in [9.17, 15) is 4.79 Å². The van der Waals surface area contributed by atoms with Gasteiger partial charge in [0.1, 0.15) is 0 Å². The van der Waals surface area contributed by atoms with E-state index in [1.807, 2.05) is 19.2 Å². The van der Waals surface area contributed by atoms with Crippen LogP contribution in [0.15, 0.2) is 24.3 Å². The van der Waals surface area contributed by atoms with Gasteiger partial charge in [0, 0.05) is 18.5 Å². The standard InChI is InChI=1S/C15H24N2O/c1-12-7-5-6-8-13(12)11-15(2,3)17-14(18)9-10-16-4/h5-8,16H,9-11H2,1-4H3,(H,17,18). The van der Waals surface area contributed by atoms with Gasteiger partial charge in [0.2, 0.25) is 5.91 Å². The summed E-state index contributed by atoms with van der Waals surface area (Å²) in [4.78, 5) is 11.7. The van der Waals surface area contributed by atoms with Crippen LogP contribution in [0.1, 0.15) is 31.4 Å². The van der Waals surface area contributed by atoms with Crippen molar-refractivity contribution in [1.82, 2.24) is 10.6 Å². The van der Waals surface area contributed by atoms with Crippen LogP contribution in [0.3, 0.4) is 0 Å². The first-order chi connectivity index (χ1) is 8.44. The lowest BCUT2D eigenvalue weighted by atomic mass is 9.92. The summed E-state index contributed by atoms with van der Waals surface area (Å²) in [7, 11) is 1.85. The van der Waals surface area contributed by atoms with E-state index in [1.165, 1.54) is 11.1 Å². The van der Waals surface area contributed by atoms with Gasteiger partial charge in [0.15, 0.2) is 0 Å². The molecule has 0 bridgehead atoms. The van der Waals surface area contributed by atoms with Crippen molar-refractivity contribution >= 4 is 5.91 Å². The quantitative estimate of drug-likeness (QED) is 0.809. The predicted octanol–water partition coefficient (Wildman–Crippen LogP) is 2.04. The first kappa shape index (κ1) is 14.7. The third-order valence-corrected chi connectivity index (χ3v) is 2.97. The van der Waals surface area contributed by atoms with Crippen molar-refractivity contribution in [1.29, 1.82) is 0 Å². The molecule has 0 aromatic heterocycles. The third kappa shape index (κ3) is 4.88. The van der Waals surface area contributed by atoms with Crippen molar-refractivity contribution in [3.8, 4) is 0 Å². The Morgan fingerprint density at radius 3 is 2.56 bits per heavy atom. The predicted molar refractivity (Wildman–Crippen MR) is 75.6 cm³/mol. The molecule has 1 aromatic rings. The third-order valence-electron chi connectivity index (χ3n) is 2.97. The number of amides is 1. The molecule has 0 spiro atoms. The van der Waals surface area contributed by atoms with Crippen LogP contribution >= 0.6 is 0 Å². The second kappa shape index (κ2) is 6.55. The molecule has 1 rings (SSSR count). The van der Waals surface area contributed by atoms with Gasteiger partial charge in [-0.1, -0.05) is 24.3 Å². The second-order valence-electron chi connectivity index (χ2n) is 5.39. The normalized spacial score (nSPS) is 11.3. The summed E-state index contributed by atoms with van der Waals surface area (Å²) in [5.41, 5.74) is 2.35. The molecular formula is C15H24N2O. The molecule has 2 N–H and O–H groups in total. The van der Waals surface area contributed by atoms with E-state index in [2.05, 4.69) is 43.5 Å². The second-order valence-corrected chi connectivity index (χ2v) is 5.39. The Morgan fingerprint density at radius 2 is 1.94 bits per heavy atom. The minimum absolute atomic E-state index is 0.0999. The number of hydrogen-bond donors (Lipinski definition) is 2. The first-order valence-corrected chi connectivity index (χ1v) is 6.45. The van der Waals surface area contributed by atoms with Crippen molar-refractivity contribution in [2.45, 2.75) is 39.2 Å². The molecule has 0 radical (unpaired) electrons. The average molecular weight is 248 g/mol. The summed E-state index contributed by atoms with van der Waals surface area (Å²) in [5.74, 6) is 0.0999. The van der Waals surface area contributed by atoms with Gasteiger partial charge in [0.05, 0.1) is 0 Å². The zero-order valence-corrected chi connectivity index (χ0v) is 11.8. The summed E-state index contributed by atoms with van der Waals surface area (Å²) < 4.78 is 0. The lowest BCUT2D eigenvalue weighted by Gasteiger charge is -2.27. The molecule has 0 aliphatic carbocycles. The largest absolute Gasteiger partial charge is 0.351 e. The number of carbonyl (C=O) groups excluding carboxylic acids is 1. The molecule has 0 fully saturated rings. The topological polar surface area (TPSA) is 41.1 Å². The van der Waals surface area contributed by atoms with Crippen molar-refractivity contribution in [3.05, 3.63) is 35.4 Å². The fraction of sp³-hybridized carbons (Fsp3) is 0.533. The fourth-order valence-electron chi connectivity index (χ4n) is 2.01. The Morgan fingerprint density at radius 1 is 1.28 bits per heavy atom. The molecule has 3 heteroatoms. The molecule has 0 aliphatic rings. The van der Waals surface area contributed by atoms with Crippen LogP contribution in [-0.2, 0) is 11.2 Å². The highest BCUT2D eigenvalue weighted by atomic mass is 16.1. The monoisotopic (exact) mass is 248 g/mol. The Bertz CT molecular complexity index is 399.